The van der Waals surface area contributed by atoms with Gasteiger partial charge in [-0.25, -0.2) is 23.7 Å². The number of nitrogens with one attached hydrogen (secondary N) is 1. The molecule has 0 radical (unpaired) electrons. The van der Waals surface area contributed by atoms with Gasteiger partial charge in [-0.05, 0) is 26.3 Å². The predicted molar refractivity (Wildman–Crippen MR) is 107 cm³/mol. The van der Waals surface area contributed by atoms with Gasteiger partial charge in [-0.15, -0.1) is 11.3 Å². The van der Waals surface area contributed by atoms with Crippen LogP contribution >= 0.6 is 11.3 Å². The highest BCUT2D eigenvalue weighted by Gasteiger charge is 2.46. The number of carbonyl (C=O) groups excluding carboxylic acids is 1. The smallest absolute Gasteiger partial charge is 0.282 e. The van der Waals surface area contributed by atoms with Crippen molar-refractivity contribution >= 4 is 28.2 Å². The molecular weight excluding hydrogens is 412 g/mol. The molecule has 4 heterocycles. The summed E-state index contributed by atoms with van der Waals surface area (Å²) in [5.74, 6) is -1.90. The van der Waals surface area contributed by atoms with Crippen LogP contribution in [0, 0.1) is 18.3 Å². The fourth-order valence-corrected chi connectivity index (χ4v) is 4.45. The van der Waals surface area contributed by atoms with Gasteiger partial charge < -0.3 is 10.2 Å². The summed E-state index contributed by atoms with van der Waals surface area (Å²) in [5, 5.41) is 14.1. The maximum atomic E-state index is 13.0. The zero-order chi connectivity index (χ0) is 21.3. The SMILES string of the molecule is Cc1nc(Nc2nc(C(=O)N3CC(F)(F)C3)cs2)cc([C@@H]2CCCN(CC#N)C2)n1. The maximum absolute atomic E-state index is 13.0. The monoisotopic (exact) mass is 433 g/mol. The lowest BCUT2D eigenvalue weighted by Crippen LogP contribution is -2.58. The number of aromatic nitrogens is 3. The molecule has 2 aliphatic heterocycles. The average Bonchev–Trinajstić information content (AvgIpc) is 3.14. The number of hydrogen-bond acceptors (Lipinski definition) is 8. The lowest BCUT2D eigenvalue weighted by atomic mass is 9.94. The molecule has 2 aliphatic rings. The van der Waals surface area contributed by atoms with Gasteiger partial charge in [0.15, 0.2) is 5.13 Å². The Bertz CT molecular complexity index is 982. The first-order valence-corrected chi connectivity index (χ1v) is 10.6. The molecule has 1 N–H and O–H groups in total. The lowest BCUT2D eigenvalue weighted by Gasteiger charge is -2.38. The van der Waals surface area contributed by atoms with Gasteiger partial charge in [0.1, 0.15) is 17.3 Å². The minimum Gasteiger partial charge on any atom is -0.325 e. The van der Waals surface area contributed by atoms with Crippen LogP contribution in [-0.4, -0.2) is 69.3 Å². The van der Waals surface area contributed by atoms with Crippen LogP contribution in [0.3, 0.4) is 0 Å². The van der Waals surface area contributed by atoms with Crippen LogP contribution in [0.2, 0.25) is 0 Å². The quantitative estimate of drug-likeness (QED) is 0.724. The van der Waals surface area contributed by atoms with E-state index in [9.17, 15) is 13.6 Å². The minimum absolute atomic E-state index is 0.142. The fraction of sp³-hybridized carbons (Fsp3) is 0.526. The van der Waals surface area contributed by atoms with E-state index < -0.39 is 24.9 Å². The Morgan fingerprint density at radius 1 is 1.40 bits per heavy atom. The average molecular weight is 433 g/mol. The van der Waals surface area contributed by atoms with Crippen LogP contribution in [0.1, 0.15) is 40.8 Å². The summed E-state index contributed by atoms with van der Waals surface area (Å²) in [4.78, 5) is 28.6. The second-order valence-corrected chi connectivity index (χ2v) is 8.50. The standard InChI is InChI=1S/C19H21F2N7OS/c1-12-23-14(13-3-2-5-27(8-13)6-4-22)7-16(24-12)26-18-25-15(9-30-18)17(29)28-10-19(20,21)11-28/h7,9,13H,2-3,5-6,8,10-11H2,1H3,(H,23,24,25,26)/t13-/m1/s1. The van der Waals surface area contributed by atoms with Gasteiger partial charge in [0.05, 0.1) is 31.4 Å². The van der Waals surface area contributed by atoms with E-state index in [0.717, 1.165) is 36.5 Å². The lowest BCUT2D eigenvalue weighted by molar-refractivity contribution is -0.113. The number of nitrogens with zero attached hydrogens (tertiary/aromatic N) is 6. The topological polar surface area (TPSA) is 98.0 Å². The number of anilines is 2. The molecule has 2 aromatic heterocycles. The minimum atomic E-state index is -2.80. The van der Waals surface area contributed by atoms with Crippen molar-refractivity contribution in [3.8, 4) is 6.07 Å². The van der Waals surface area contributed by atoms with Gasteiger partial charge in [0.2, 0.25) is 0 Å². The van der Waals surface area contributed by atoms with Crippen molar-refractivity contribution in [1.82, 2.24) is 24.8 Å². The number of piperidine rings is 1. The molecule has 30 heavy (non-hydrogen) atoms. The van der Waals surface area contributed by atoms with Crippen molar-refractivity contribution in [2.24, 2.45) is 0 Å². The Labute approximate surface area is 176 Å². The molecule has 8 nitrogen and oxygen atoms in total. The largest absolute Gasteiger partial charge is 0.325 e. The molecule has 1 amide bonds. The molecule has 0 unspecified atom stereocenters. The van der Waals surface area contributed by atoms with Crippen LogP contribution in [0.15, 0.2) is 11.4 Å². The number of alkyl halides is 2. The van der Waals surface area contributed by atoms with Crippen LogP contribution in [-0.2, 0) is 0 Å². The molecule has 0 saturated carbocycles. The summed E-state index contributed by atoms with van der Waals surface area (Å²) in [5.41, 5.74) is 1.05. The van der Waals surface area contributed by atoms with Crippen molar-refractivity contribution in [2.45, 2.75) is 31.6 Å². The Kier molecular flexibility index (Phi) is 5.62. The highest BCUT2D eigenvalue weighted by atomic mass is 32.1. The number of nitriles is 1. The molecule has 0 aromatic carbocycles. The molecule has 1 atom stereocenters. The maximum Gasteiger partial charge on any atom is 0.282 e. The molecule has 0 spiro atoms. The number of carbonyl (C=O) groups is 1. The summed E-state index contributed by atoms with van der Waals surface area (Å²) in [6.07, 6.45) is 2.00. The number of aryl methyl sites for hydroxylation is 1. The molecule has 4 rings (SSSR count). The van der Waals surface area contributed by atoms with Gasteiger partial charge in [-0.1, -0.05) is 0 Å². The van der Waals surface area contributed by atoms with E-state index in [1.165, 1.54) is 11.3 Å². The molecule has 158 valence electrons. The van der Waals surface area contributed by atoms with Crippen LogP contribution < -0.4 is 5.32 Å². The number of hydrogen-bond donors (Lipinski definition) is 1. The summed E-state index contributed by atoms with van der Waals surface area (Å²) in [7, 11) is 0. The van der Waals surface area contributed by atoms with Crippen molar-refractivity contribution in [2.75, 3.05) is 38.0 Å². The second-order valence-electron chi connectivity index (χ2n) is 7.64. The number of likely N-dealkylation sites (tertiary alicyclic amines) is 2. The second kappa shape index (κ2) is 8.20. The van der Waals surface area contributed by atoms with Gasteiger partial charge in [0, 0.05) is 23.9 Å². The molecule has 0 bridgehead atoms. The fourth-order valence-electron chi connectivity index (χ4n) is 3.76. The third kappa shape index (κ3) is 4.55. The van der Waals surface area contributed by atoms with Gasteiger partial charge >= 0.3 is 0 Å². The highest BCUT2D eigenvalue weighted by molar-refractivity contribution is 7.14. The van der Waals surface area contributed by atoms with E-state index in [4.69, 9.17) is 5.26 Å². The van der Waals surface area contributed by atoms with Crippen molar-refractivity contribution in [1.29, 1.82) is 5.26 Å². The summed E-state index contributed by atoms with van der Waals surface area (Å²) >= 11 is 1.22. The third-order valence-corrected chi connectivity index (χ3v) is 5.92. The van der Waals surface area contributed by atoms with Crippen LogP contribution in [0.4, 0.5) is 19.7 Å². The molecule has 2 fully saturated rings. The van der Waals surface area contributed by atoms with Crippen molar-refractivity contribution < 1.29 is 13.6 Å². The zero-order valence-electron chi connectivity index (χ0n) is 16.4. The molecule has 2 aromatic rings. The predicted octanol–water partition coefficient (Wildman–Crippen LogP) is 2.78. The first-order valence-electron chi connectivity index (χ1n) is 9.67. The van der Waals surface area contributed by atoms with Gasteiger partial charge in [0.25, 0.3) is 11.8 Å². The van der Waals surface area contributed by atoms with Gasteiger partial charge in [-0.3, -0.25) is 9.69 Å². The van der Waals surface area contributed by atoms with E-state index >= 15 is 0 Å². The summed E-state index contributed by atoms with van der Waals surface area (Å²) < 4.78 is 26.0. The molecule has 2 saturated heterocycles. The zero-order valence-corrected chi connectivity index (χ0v) is 17.3. The van der Waals surface area contributed by atoms with Crippen LogP contribution in [0.5, 0.6) is 0 Å². The third-order valence-electron chi connectivity index (χ3n) is 5.17. The van der Waals surface area contributed by atoms with E-state index in [2.05, 4.69) is 31.2 Å². The molecule has 0 aliphatic carbocycles. The van der Waals surface area contributed by atoms with Crippen molar-refractivity contribution in [3.05, 3.63) is 28.7 Å². The van der Waals surface area contributed by atoms with E-state index in [-0.39, 0.29) is 11.6 Å². The molecular formula is C19H21F2N7OS. The Morgan fingerprint density at radius 3 is 2.93 bits per heavy atom. The Hall–Kier alpha value is -2.71. The van der Waals surface area contributed by atoms with E-state index in [1.807, 2.05) is 13.0 Å². The van der Waals surface area contributed by atoms with E-state index in [1.54, 1.807) is 5.38 Å². The number of halogens is 2. The van der Waals surface area contributed by atoms with Crippen LogP contribution in [0.25, 0.3) is 0 Å². The summed E-state index contributed by atoms with van der Waals surface area (Å²) in [6.45, 7) is 2.78. The molecule has 11 heteroatoms. The number of rotatable bonds is 5. The summed E-state index contributed by atoms with van der Waals surface area (Å²) in [6, 6.07) is 4.07. The number of thiazole rings is 1. The Morgan fingerprint density at radius 2 is 2.20 bits per heavy atom. The number of amides is 1. The highest BCUT2D eigenvalue weighted by Crippen LogP contribution is 2.30. The first kappa shape index (κ1) is 20.6. The normalized spacial score (nSPS) is 21.0. The first-order chi connectivity index (χ1) is 14.3. The van der Waals surface area contributed by atoms with Crippen molar-refractivity contribution in [3.63, 3.8) is 0 Å². The Balaban J connectivity index is 1.45. The van der Waals surface area contributed by atoms with E-state index in [0.29, 0.717) is 23.3 Å². The van der Waals surface area contributed by atoms with Gasteiger partial charge in [-0.2, -0.15) is 5.26 Å².